The van der Waals surface area contributed by atoms with Crippen molar-refractivity contribution in [3.63, 3.8) is 0 Å². The number of hydrogen-bond donors (Lipinski definition) is 0. The molecule has 1 unspecified atom stereocenters. The van der Waals surface area contributed by atoms with Gasteiger partial charge in [0, 0.05) is 27.8 Å². The fraction of sp³-hybridized carbons (Fsp3) is 0.100. The Morgan fingerprint density at radius 3 is 1.66 bits per heavy atom. The van der Waals surface area contributed by atoms with Gasteiger partial charge in [-0.05, 0) is 127 Å². The van der Waals surface area contributed by atoms with Gasteiger partial charge < -0.3 is 4.90 Å². The summed E-state index contributed by atoms with van der Waals surface area (Å²) in [6.45, 7) is 4.76. The Morgan fingerprint density at radius 2 is 0.885 bits per heavy atom. The van der Waals surface area contributed by atoms with Crippen LogP contribution in [-0.4, -0.2) is 0 Å². The van der Waals surface area contributed by atoms with E-state index in [0.29, 0.717) is 0 Å². The summed E-state index contributed by atoms with van der Waals surface area (Å²) in [6.07, 6.45) is 2.15. The standard InChI is InChI=1S/C60H45N/c1-59(2)54-28-13-9-24-49(54)52-26-16-25-51(58(52)59)47-22-8-7-20-45(47)41-31-33-43(34-32-41)61(57-30-15-11-21-46(57)40-17-4-3-5-18-40)44-35-36-50-48-23-10-14-29-55(48)60(56(50)39-44)38-37-42-19-6-12-27-53(42)60/h3-36,39H,37-38H2,1-2H3. The normalized spacial score (nSPS) is 16.1. The molecule has 61 heavy (non-hydrogen) atoms. The van der Waals surface area contributed by atoms with Crippen LogP contribution in [0.25, 0.3) is 55.6 Å². The quantitative estimate of drug-likeness (QED) is 0.162. The van der Waals surface area contributed by atoms with Gasteiger partial charge in [-0.25, -0.2) is 0 Å². The molecule has 0 radical (unpaired) electrons. The van der Waals surface area contributed by atoms with Crippen LogP contribution in [0.1, 0.15) is 53.6 Å². The van der Waals surface area contributed by atoms with Crippen molar-refractivity contribution < 1.29 is 0 Å². The van der Waals surface area contributed by atoms with Crippen LogP contribution >= 0.6 is 0 Å². The lowest BCUT2D eigenvalue weighted by atomic mass is 9.73. The molecule has 1 nitrogen and oxygen atoms in total. The Balaban J connectivity index is 1.02. The van der Waals surface area contributed by atoms with Gasteiger partial charge in [0.05, 0.1) is 5.69 Å². The summed E-state index contributed by atoms with van der Waals surface area (Å²) in [4.78, 5) is 2.49. The molecule has 3 aliphatic carbocycles. The van der Waals surface area contributed by atoms with Crippen molar-refractivity contribution in [3.8, 4) is 55.6 Å². The molecule has 1 atom stereocenters. The number of hydrogen-bond acceptors (Lipinski definition) is 1. The molecule has 1 heteroatoms. The van der Waals surface area contributed by atoms with Gasteiger partial charge in [-0.3, -0.25) is 0 Å². The van der Waals surface area contributed by atoms with Crippen molar-refractivity contribution in [2.75, 3.05) is 4.90 Å². The average molecular weight is 780 g/mol. The van der Waals surface area contributed by atoms with Gasteiger partial charge >= 0.3 is 0 Å². The van der Waals surface area contributed by atoms with Crippen molar-refractivity contribution in [2.24, 2.45) is 0 Å². The van der Waals surface area contributed by atoms with Gasteiger partial charge in [-0.15, -0.1) is 0 Å². The lowest BCUT2D eigenvalue weighted by Gasteiger charge is -2.32. The molecule has 0 fully saturated rings. The number of aryl methyl sites for hydroxylation is 1. The summed E-state index contributed by atoms with van der Waals surface area (Å²) >= 11 is 0. The third-order valence-corrected chi connectivity index (χ3v) is 14.1. The van der Waals surface area contributed by atoms with E-state index in [-0.39, 0.29) is 10.8 Å². The third-order valence-electron chi connectivity index (χ3n) is 14.1. The van der Waals surface area contributed by atoms with Gasteiger partial charge in [0.1, 0.15) is 0 Å². The van der Waals surface area contributed by atoms with Crippen molar-refractivity contribution in [1.82, 2.24) is 0 Å². The smallest absolute Gasteiger partial charge is 0.0540 e. The van der Waals surface area contributed by atoms with Crippen molar-refractivity contribution in [3.05, 3.63) is 246 Å². The Morgan fingerprint density at radius 1 is 0.361 bits per heavy atom. The highest BCUT2D eigenvalue weighted by Crippen LogP contribution is 2.59. The molecular weight excluding hydrogens is 735 g/mol. The van der Waals surface area contributed by atoms with Crippen molar-refractivity contribution >= 4 is 17.1 Å². The second-order valence-electron chi connectivity index (χ2n) is 17.5. The highest BCUT2D eigenvalue weighted by atomic mass is 15.1. The van der Waals surface area contributed by atoms with E-state index < -0.39 is 0 Å². The summed E-state index contributed by atoms with van der Waals surface area (Å²) in [5.41, 5.74) is 24.5. The number of fused-ring (bicyclic) bond motifs is 10. The lowest BCUT2D eigenvalue weighted by Crippen LogP contribution is -2.24. The summed E-state index contributed by atoms with van der Waals surface area (Å²) in [6, 6.07) is 79.3. The van der Waals surface area contributed by atoms with Crippen LogP contribution in [0.5, 0.6) is 0 Å². The van der Waals surface area contributed by atoms with Crippen LogP contribution in [-0.2, 0) is 17.3 Å². The number of benzene rings is 9. The Bertz CT molecular complexity index is 3170. The molecule has 0 amide bonds. The third kappa shape index (κ3) is 5.26. The molecule has 9 aromatic carbocycles. The van der Waals surface area contributed by atoms with E-state index in [9.17, 15) is 0 Å². The van der Waals surface area contributed by atoms with Gasteiger partial charge in [0.2, 0.25) is 0 Å². The molecule has 0 aromatic heterocycles. The Hall–Kier alpha value is -7.22. The summed E-state index contributed by atoms with van der Waals surface area (Å²) in [5, 5.41) is 0. The first-order valence-corrected chi connectivity index (χ1v) is 21.7. The number of anilines is 3. The fourth-order valence-electron chi connectivity index (χ4n) is 11.5. The van der Waals surface area contributed by atoms with Crippen LogP contribution in [0.4, 0.5) is 17.1 Å². The van der Waals surface area contributed by atoms with Crippen molar-refractivity contribution in [1.29, 1.82) is 0 Å². The first-order valence-electron chi connectivity index (χ1n) is 21.7. The van der Waals surface area contributed by atoms with E-state index in [2.05, 4.69) is 231 Å². The Labute approximate surface area is 359 Å². The molecule has 0 bridgehead atoms. The molecule has 1 spiro atoms. The number of rotatable bonds is 6. The summed E-state index contributed by atoms with van der Waals surface area (Å²) < 4.78 is 0. The zero-order chi connectivity index (χ0) is 40.7. The van der Waals surface area contributed by atoms with Crippen LogP contribution in [0.3, 0.4) is 0 Å². The maximum Gasteiger partial charge on any atom is 0.0540 e. The molecule has 290 valence electrons. The summed E-state index contributed by atoms with van der Waals surface area (Å²) in [5.74, 6) is 0. The predicted molar refractivity (Wildman–Crippen MR) is 255 cm³/mol. The molecular formula is C60H45N. The van der Waals surface area contributed by atoms with E-state index in [4.69, 9.17) is 0 Å². The molecule has 9 aromatic rings. The molecule has 0 N–H and O–H groups in total. The number of nitrogens with zero attached hydrogens (tertiary/aromatic N) is 1. The number of para-hydroxylation sites is 1. The monoisotopic (exact) mass is 779 g/mol. The van der Waals surface area contributed by atoms with Gasteiger partial charge in [0.15, 0.2) is 0 Å². The fourth-order valence-corrected chi connectivity index (χ4v) is 11.5. The highest BCUT2D eigenvalue weighted by Gasteiger charge is 2.48. The molecule has 0 aliphatic heterocycles. The van der Waals surface area contributed by atoms with E-state index in [1.54, 1.807) is 0 Å². The topological polar surface area (TPSA) is 3.24 Å². The van der Waals surface area contributed by atoms with E-state index in [1.165, 1.54) is 89.0 Å². The van der Waals surface area contributed by atoms with Crippen molar-refractivity contribution in [2.45, 2.75) is 37.5 Å². The first kappa shape index (κ1) is 35.7. The van der Waals surface area contributed by atoms with E-state index in [0.717, 1.165) is 29.9 Å². The minimum Gasteiger partial charge on any atom is -0.310 e. The largest absolute Gasteiger partial charge is 0.310 e. The van der Waals surface area contributed by atoms with Gasteiger partial charge in [-0.2, -0.15) is 0 Å². The summed E-state index contributed by atoms with van der Waals surface area (Å²) in [7, 11) is 0. The zero-order valence-corrected chi connectivity index (χ0v) is 34.6. The van der Waals surface area contributed by atoms with Crippen LogP contribution in [0.15, 0.2) is 212 Å². The molecule has 3 aliphatic rings. The maximum atomic E-state index is 2.51. The minimum absolute atomic E-state index is 0.109. The second kappa shape index (κ2) is 13.7. The molecule has 0 saturated carbocycles. The second-order valence-corrected chi connectivity index (χ2v) is 17.5. The average Bonchev–Trinajstić information content (AvgIpc) is 3.93. The first-order chi connectivity index (χ1) is 30.0. The van der Waals surface area contributed by atoms with E-state index >= 15 is 0 Å². The molecule has 0 saturated heterocycles. The lowest BCUT2D eigenvalue weighted by molar-refractivity contribution is 0.626. The van der Waals surface area contributed by atoms with Crippen LogP contribution in [0, 0.1) is 0 Å². The van der Waals surface area contributed by atoms with Gasteiger partial charge in [0.25, 0.3) is 0 Å². The SMILES string of the molecule is CC1(C)c2ccccc2-c2cccc(-c3ccccc3-c3ccc(N(c4ccc5c(c4)C4(CCc6ccccc64)c4ccccc4-5)c4ccccc4-c4ccccc4)cc3)c21. The minimum atomic E-state index is -0.176. The zero-order valence-electron chi connectivity index (χ0n) is 34.6. The molecule has 12 rings (SSSR count). The van der Waals surface area contributed by atoms with Crippen LogP contribution in [0.2, 0.25) is 0 Å². The highest BCUT2D eigenvalue weighted by molar-refractivity contribution is 5.95. The Kier molecular flexibility index (Phi) is 7.99. The molecule has 0 heterocycles. The van der Waals surface area contributed by atoms with Crippen LogP contribution < -0.4 is 4.90 Å². The van der Waals surface area contributed by atoms with Gasteiger partial charge in [-0.1, -0.05) is 196 Å². The maximum absolute atomic E-state index is 2.51. The predicted octanol–water partition coefficient (Wildman–Crippen LogP) is 15.7. The van der Waals surface area contributed by atoms with E-state index in [1.807, 2.05) is 0 Å².